The van der Waals surface area contributed by atoms with Crippen LogP contribution in [0.1, 0.15) is 39.5 Å². The molecule has 3 N–H and O–H groups in total. The topological polar surface area (TPSA) is 70.2 Å². The van der Waals surface area contributed by atoms with Crippen molar-refractivity contribution in [2.24, 2.45) is 0 Å². The van der Waals surface area contributed by atoms with E-state index in [0.29, 0.717) is 13.0 Å². The molecule has 0 bridgehead atoms. The Kier molecular flexibility index (Phi) is 7.94. The van der Waals surface area contributed by atoms with Gasteiger partial charge in [0, 0.05) is 37.8 Å². The van der Waals surface area contributed by atoms with Gasteiger partial charge in [0.25, 0.3) is 0 Å². The van der Waals surface area contributed by atoms with Crippen molar-refractivity contribution in [3.63, 3.8) is 0 Å². The Hall–Kier alpha value is -2.04. The van der Waals surface area contributed by atoms with Crippen LogP contribution in [0, 0.1) is 0 Å². The molecule has 0 spiro atoms. The Morgan fingerprint density at radius 2 is 1.86 bits per heavy atom. The van der Waals surface area contributed by atoms with E-state index in [4.69, 9.17) is 0 Å². The van der Waals surface area contributed by atoms with E-state index in [2.05, 4.69) is 22.9 Å². The number of amides is 2. The number of hydrogen-bond donors (Lipinski definition) is 3. The molecule has 0 fully saturated rings. The van der Waals surface area contributed by atoms with E-state index in [9.17, 15) is 9.59 Å². The van der Waals surface area contributed by atoms with Crippen LogP contribution in [-0.2, 0) is 9.59 Å². The summed E-state index contributed by atoms with van der Waals surface area (Å²) in [7, 11) is 0. The fraction of sp³-hybridized carbons (Fsp3) is 0.500. The molecular formula is C16H25N3O2. The summed E-state index contributed by atoms with van der Waals surface area (Å²) >= 11 is 0. The minimum absolute atomic E-state index is 0.0663. The van der Waals surface area contributed by atoms with Crippen LogP contribution in [-0.4, -0.2) is 24.9 Å². The van der Waals surface area contributed by atoms with Gasteiger partial charge in [0.2, 0.25) is 11.8 Å². The highest BCUT2D eigenvalue weighted by Crippen LogP contribution is 2.14. The lowest BCUT2D eigenvalue weighted by atomic mass is 10.2. The van der Waals surface area contributed by atoms with Crippen molar-refractivity contribution >= 4 is 23.2 Å². The van der Waals surface area contributed by atoms with Crippen molar-refractivity contribution in [3.8, 4) is 0 Å². The van der Waals surface area contributed by atoms with E-state index in [-0.39, 0.29) is 11.8 Å². The lowest BCUT2D eigenvalue weighted by molar-refractivity contribution is -0.120. The van der Waals surface area contributed by atoms with Crippen LogP contribution in [0.4, 0.5) is 11.4 Å². The molecule has 0 aliphatic heterocycles. The van der Waals surface area contributed by atoms with E-state index in [0.717, 1.165) is 37.2 Å². The molecule has 0 saturated carbocycles. The van der Waals surface area contributed by atoms with Gasteiger partial charge in [-0.1, -0.05) is 25.8 Å². The highest BCUT2D eigenvalue weighted by molar-refractivity contribution is 5.89. The molecule has 5 heteroatoms. The van der Waals surface area contributed by atoms with Gasteiger partial charge in [0.1, 0.15) is 0 Å². The predicted molar refractivity (Wildman–Crippen MR) is 86.4 cm³/mol. The fourth-order valence-electron chi connectivity index (χ4n) is 1.92. The molecule has 1 rings (SSSR count). The third-order valence-corrected chi connectivity index (χ3v) is 2.97. The largest absolute Gasteiger partial charge is 0.384 e. The first-order chi connectivity index (χ1) is 10.1. The number of rotatable bonds is 9. The van der Waals surface area contributed by atoms with Crippen molar-refractivity contribution in [2.75, 3.05) is 23.7 Å². The highest BCUT2D eigenvalue weighted by atomic mass is 16.2. The summed E-state index contributed by atoms with van der Waals surface area (Å²) in [5, 5.41) is 8.81. The van der Waals surface area contributed by atoms with Crippen molar-refractivity contribution in [2.45, 2.75) is 39.5 Å². The maximum Gasteiger partial charge on any atom is 0.221 e. The first-order valence-corrected chi connectivity index (χ1v) is 7.50. The van der Waals surface area contributed by atoms with Crippen LogP contribution < -0.4 is 16.0 Å². The summed E-state index contributed by atoms with van der Waals surface area (Å²) in [5.41, 5.74) is 1.64. The number of hydrogen-bond acceptors (Lipinski definition) is 3. The van der Waals surface area contributed by atoms with Crippen LogP contribution in [0.15, 0.2) is 24.3 Å². The number of carbonyl (C=O) groups is 2. The summed E-state index contributed by atoms with van der Waals surface area (Å²) in [5.74, 6) is -0.0322. The zero-order valence-corrected chi connectivity index (χ0v) is 12.9. The number of nitrogens with one attached hydrogen (secondary N) is 3. The minimum atomic E-state index is -0.0985. The molecule has 0 aromatic heterocycles. The van der Waals surface area contributed by atoms with Gasteiger partial charge in [-0.15, -0.1) is 0 Å². The Morgan fingerprint density at radius 3 is 2.57 bits per heavy atom. The van der Waals surface area contributed by atoms with E-state index in [1.807, 2.05) is 24.3 Å². The summed E-state index contributed by atoms with van der Waals surface area (Å²) < 4.78 is 0. The summed E-state index contributed by atoms with van der Waals surface area (Å²) in [6.07, 6.45) is 3.78. The Balaban J connectivity index is 2.25. The molecule has 1 aromatic rings. The van der Waals surface area contributed by atoms with Gasteiger partial charge < -0.3 is 16.0 Å². The average molecular weight is 291 g/mol. The first kappa shape index (κ1) is 17.0. The molecule has 0 saturated heterocycles. The molecule has 21 heavy (non-hydrogen) atoms. The second-order valence-electron chi connectivity index (χ2n) is 5.00. The third-order valence-electron chi connectivity index (χ3n) is 2.97. The van der Waals surface area contributed by atoms with Gasteiger partial charge >= 0.3 is 0 Å². The van der Waals surface area contributed by atoms with Gasteiger partial charge in [0.05, 0.1) is 0 Å². The first-order valence-electron chi connectivity index (χ1n) is 7.50. The van der Waals surface area contributed by atoms with E-state index in [1.165, 1.54) is 6.92 Å². The van der Waals surface area contributed by atoms with Crippen LogP contribution in [0.3, 0.4) is 0 Å². The number of carbonyl (C=O) groups excluding carboxylic acids is 2. The normalized spacial score (nSPS) is 10.0. The molecule has 0 atom stereocenters. The number of benzene rings is 1. The van der Waals surface area contributed by atoms with Crippen LogP contribution in [0.25, 0.3) is 0 Å². The fourth-order valence-corrected chi connectivity index (χ4v) is 1.92. The molecule has 0 aliphatic carbocycles. The zero-order chi connectivity index (χ0) is 15.5. The highest BCUT2D eigenvalue weighted by Gasteiger charge is 2.01. The molecule has 0 aliphatic rings. The monoisotopic (exact) mass is 291 g/mol. The van der Waals surface area contributed by atoms with Crippen molar-refractivity contribution in [1.82, 2.24) is 5.32 Å². The van der Waals surface area contributed by atoms with Gasteiger partial charge in [-0.05, 0) is 24.6 Å². The van der Waals surface area contributed by atoms with Gasteiger partial charge in [-0.3, -0.25) is 9.59 Å². The summed E-state index contributed by atoms with van der Waals surface area (Å²) in [4.78, 5) is 22.6. The Labute approximate surface area is 126 Å². The lowest BCUT2D eigenvalue weighted by Gasteiger charge is -2.09. The maximum absolute atomic E-state index is 11.6. The minimum Gasteiger partial charge on any atom is -0.384 e. The van der Waals surface area contributed by atoms with Crippen molar-refractivity contribution in [1.29, 1.82) is 0 Å². The average Bonchev–Trinajstić information content (AvgIpc) is 2.43. The quantitative estimate of drug-likeness (QED) is 0.613. The Bertz CT molecular complexity index is 461. The third kappa shape index (κ3) is 7.97. The molecule has 0 heterocycles. The predicted octanol–water partition coefficient (Wildman–Crippen LogP) is 2.75. The van der Waals surface area contributed by atoms with Crippen molar-refractivity contribution < 1.29 is 9.59 Å². The number of anilines is 2. The van der Waals surface area contributed by atoms with Crippen LogP contribution >= 0.6 is 0 Å². The molecule has 5 nitrogen and oxygen atoms in total. The van der Waals surface area contributed by atoms with E-state index in [1.54, 1.807) is 0 Å². The SMILES string of the molecule is CCCCCNC(=O)CCNc1cccc(NC(C)=O)c1. The molecule has 116 valence electrons. The zero-order valence-electron chi connectivity index (χ0n) is 12.9. The second kappa shape index (κ2) is 9.80. The molecule has 1 aromatic carbocycles. The molecule has 0 radical (unpaired) electrons. The van der Waals surface area contributed by atoms with Gasteiger partial charge in [0.15, 0.2) is 0 Å². The lowest BCUT2D eigenvalue weighted by Crippen LogP contribution is -2.26. The standard InChI is InChI=1S/C16H25N3O2/c1-3-4-5-10-18-16(21)9-11-17-14-7-6-8-15(12-14)19-13(2)20/h6-8,12,17H,3-5,9-11H2,1-2H3,(H,18,21)(H,19,20). The van der Waals surface area contributed by atoms with E-state index >= 15 is 0 Å². The van der Waals surface area contributed by atoms with Crippen LogP contribution in [0.2, 0.25) is 0 Å². The molecule has 0 unspecified atom stereocenters. The van der Waals surface area contributed by atoms with Crippen LogP contribution in [0.5, 0.6) is 0 Å². The maximum atomic E-state index is 11.6. The van der Waals surface area contributed by atoms with Gasteiger partial charge in [-0.2, -0.15) is 0 Å². The molecular weight excluding hydrogens is 266 g/mol. The number of unbranched alkanes of at least 4 members (excludes halogenated alkanes) is 2. The summed E-state index contributed by atoms with van der Waals surface area (Å²) in [6, 6.07) is 7.44. The van der Waals surface area contributed by atoms with Crippen molar-refractivity contribution in [3.05, 3.63) is 24.3 Å². The smallest absolute Gasteiger partial charge is 0.221 e. The van der Waals surface area contributed by atoms with E-state index < -0.39 is 0 Å². The molecule has 2 amide bonds. The van der Waals surface area contributed by atoms with Gasteiger partial charge in [-0.25, -0.2) is 0 Å². The Morgan fingerprint density at radius 1 is 1.10 bits per heavy atom. The summed E-state index contributed by atoms with van der Waals surface area (Å²) in [6.45, 7) is 4.94. The second-order valence-corrected chi connectivity index (χ2v) is 5.00.